The molecule has 0 atom stereocenters. The van der Waals surface area contributed by atoms with E-state index in [0.29, 0.717) is 23.2 Å². The standard InChI is InChI=1S/C14H12FNO3/c1-18-10-4-3-9(8-17)11(5-10)12-6-14(19-2)16-7-13(12)15/h3-8H,1-2H3. The zero-order chi connectivity index (χ0) is 13.8. The monoisotopic (exact) mass is 261 g/mol. The van der Waals surface area contributed by atoms with Crippen molar-refractivity contribution < 1.29 is 18.7 Å². The highest BCUT2D eigenvalue weighted by atomic mass is 19.1. The van der Waals surface area contributed by atoms with E-state index in [4.69, 9.17) is 9.47 Å². The van der Waals surface area contributed by atoms with Gasteiger partial charge in [-0.15, -0.1) is 0 Å². The van der Waals surface area contributed by atoms with E-state index >= 15 is 0 Å². The topological polar surface area (TPSA) is 48.4 Å². The number of nitrogens with zero attached hydrogens (tertiary/aromatic N) is 1. The summed E-state index contributed by atoms with van der Waals surface area (Å²) >= 11 is 0. The molecule has 0 saturated heterocycles. The molecule has 5 heteroatoms. The van der Waals surface area contributed by atoms with E-state index in [2.05, 4.69) is 4.98 Å². The molecule has 0 unspecified atom stereocenters. The Hall–Kier alpha value is -2.43. The molecule has 0 bridgehead atoms. The maximum Gasteiger partial charge on any atom is 0.213 e. The number of benzene rings is 1. The van der Waals surface area contributed by atoms with E-state index in [1.54, 1.807) is 18.2 Å². The Balaban J connectivity index is 2.65. The Bertz CT molecular complexity index is 614. The Labute approximate surface area is 109 Å². The highest BCUT2D eigenvalue weighted by molar-refractivity contribution is 5.88. The van der Waals surface area contributed by atoms with Crippen molar-refractivity contribution in [3.8, 4) is 22.8 Å². The van der Waals surface area contributed by atoms with Crippen molar-refractivity contribution in [1.29, 1.82) is 0 Å². The highest BCUT2D eigenvalue weighted by Gasteiger charge is 2.13. The van der Waals surface area contributed by atoms with Gasteiger partial charge in [0.15, 0.2) is 6.29 Å². The van der Waals surface area contributed by atoms with E-state index in [9.17, 15) is 9.18 Å². The average molecular weight is 261 g/mol. The van der Waals surface area contributed by atoms with Crippen molar-refractivity contribution in [3.05, 3.63) is 41.8 Å². The molecule has 0 aliphatic heterocycles. The first-order valence-electron chi connectivity index (χ1n) is 5.52. The molecule has 0 radical (unpaired) electrons. The van der Waals surface area contributed by atoms with Gasteiger partial charge in [0.25, 0.3) is 0 Å². The lowest BCUT2D eigenvalue weighted by Crippen LogP contribution is -1.95. The molecule has 0 spiro atoms. The third kappa shape index (κ3) is 2.54. The lowest BCUT2D eigenvalue weighted by atomic mass is 10.0. The smallest absolute Gasteiger partial charge is 0.213 e. The molecule has 0 amide bonds. The number of hydrogen-bond acceptors (Lipinski definition) is 4. The van der Waals surface area contributed by atoms with Crippen molar-refractivity contribution in [2.75, 3.05) is 14.2 Å². The summed E-state index contributed by atoms with van der Waals surface area (Å²) in [5.41, 5.74) is 1.05. The van der Waals surface area contributed by atoms with Gasteiger partial charge in [-0.3, -0.25) is 4.79 Å². The lowest BCUT2D eigenvalue weighted by Gasteiger charge is -2.09. The van der Waals surface area contributed by atoms with E-state index < -0.39 is 5.82 Å². The molecule has 1 aromatic heterocycles. The van der Waals surface area contributed by atoms with Crippen LogP contribution >= 0.6 is 0 Å². The maximum atomic E-state index is 13.9. The first-order valence-corrected chi connectivity index (χ1v) is 5.52. The Morgan fingerprint density at radius 1 is 1.16 bits per heavy atom. The maximum absolute atomic E-state index is 13.9. The third-order valence-electron chi connectivity index (χ3n) is 2.72. The summed E-state index contributed by atoms with van der Waals surface area (Å²) in [4.78, 5) is 14.8. The molecule has 19 heavy (non-hydrogen) atoms. The minimum absolute atomic E-state index is 0.243. The number of halogens is 1. The van der Waals surface area contributed by atoms with E-state index in [-0.39, 0.29) is 11.4 Å². The van der Waals surface area contributed by atoms with Gasteiger partial charge in [-0.05, 0) is 23.8 Å². The number of carbonyl (C=O) groups excluding carboxylic acids is 1. The first-order chi connectivity index (χ1) is 9.19. The number of rotatable bonds is 4. The first kappa shape index (κ1) is 13.0. The number of hydrogen-bond donors (Lipinski definition) is 0. The summed E-state index contributed by atoms with van der Waals surface area (Å²) in [6, 6.07) is 6.26. The predicted octanol–water partition coefficient (Wildman–Crippen LogP) is 2.72. The number of pyridine rings is 1. The van der Waals surface area contributed by atoms with Crippen LogP contribution in [0, 0.1) is 5.82 Å². The van der Waals surface area contributed by atoms with Crippen LogP contribution in [0.2, 0.25) is 0 Å². The fourth-order valence-corrected chi connectivity index (χ4v) is 1.74. The summed E-state index contributed by atoms with van der Waals surface area (Å²) in [5.74, 6) is 0.281. The van der Waals surface area contributed by atoms with Crippen LogP contribution in [0.1, 0.15) is 10.4 Å². The van der Waals surface area contributed by atoms with Crippen molar-refractivity contribution >= 4 is 6.29 Å². The third-order valence-corrected chi connectivity index (χ3v) is 2.72. The van der Waals surface area contributed by atoms with Gasteiger partial charge in [-0.2, -0.15) is 0 Å². The summed E-state index contributed by atoms with van der Waals surface area (Å²) in [5, 5.41) is 0. The highest BCUT2D eigenvalue weighted by Crippen LogP contribution is 2.30. The second-order valence-corrected chi connectivity index (χ2v) is 3.78. The normalized spacial score (nSPS) is 10.1. The van der Waals surface area contributed by atoms with Gasteiger partial charge >= 0.3 is 0 Å². The van der Waals surface area contributed by atoms with Crippen LogP contribution in [0.15, 0.2) is 30.5 Å². The molecule has 1 aromatic carbocycles. The van der Waals surface area contributed by atoms with Crippen molar-refractivity contribution in [1.82, 2.24) is 4.98 Å². The predicted molar refractivity (Wildman–Crippen MR) is 68.1 cm³/mol. The molecule has 2 rings (SSSR count). The van der Waals surface area contributed by atoms with Gasteiger partial charge in [0.1, 0.15) is 11.6 Å². The molecule has 98 valence electrons. The van der Waals surface area contributed by atoms with Crippen molar-refractivity contribution in [3.63, 3.8) is 0 Å². The second-order valence-electron chi connectivity index (χ2n) is 3.78. The fourth-order valence-electron chi connectivity index (χ4n) is 1.74. The molecule has 0 N–H and O–H groups in total. The summed E-state index contributed by atoms with van der Waals surface area (Å²) < 4.78 is 23.9. The SMILES string of the molecule is COc1ccc(C=O)c(-c2cc(OC)ncc2F)c1. The fraction of sp³-hybridized carbons (Fsp3) is 0.143. The quantitative estimate of drug-likeness (QED) is 0.794. The zero-order valence-corrected chi connectivity index (χ0v) is 10.5. The number of aromatic nitrogens is 1. The molecule has 0 aliphatic carbocycles. The molecular formula is C14H12FNO3. The van der Waals surface area contributed by atoms with Gasteiger partial charge in [-0.25, -0.2) is 9.37 Å². The molecule has 4 nitrogen and oxygen atoms in total. The largest absolute Gasteiger partial charge is 0.497 e. The molecule has 0 aliphatic rings. The number of methoxy groups -OCH3 is 2. The van der Waals surface area contributed by atoms with E-state index in [1.807, 2.05) is 0 Å². The zero-order valence-electron chi connectivity index (χ0n) is 10.5. The summed E-state index contributed by atoms with van der Waals surface area (Å²) in [6.07, 6.45) is 1.73. The number of ether oxygens (including phenoxy) is 2. The van der Waals surface area contributed by atoms with Crippen LogP contribution in [-0.2, 0) is 0 Å². The number of carbonyl (C=O) groups is 1. The summed E-state index contributed by atoms with van der Waals surface area (Å²) in [6.45, 7) is 0. The molecule has 0 fully saturated rings. The average Bonchev–Trinajstić information content (AvgIpc) is 2.47. The van der Waals surface area contributed by atoms with Crippen LogP contribution in [0.5, 0.6) is 11.6 Å². The van der Waals surface area contributed by atoms with Gasteiger partial charge in [-0.1, -0.05) is 0 Å². The van der Waals surface area contributed by atoms with Crippen molar-refractivity contribution in [2.24, 2.45) is 0 Å². The lowest BCUT2D eigenvalue weighted by molar-refractivity contribution is 0.112. The minimum atomic E-state index is -0.530. The molecular weight excluding hydrogens is 249 g/mol. The molecule has 1 heterocycles. The van der Waals surface area contributed by atoms with Crippen LogP contribution in [0.4, 0.5) is 4.39 Å². The van der Waals surface area contributed by atoms with Crippen LogP contribution in [0.25, 0.3) is 11.1 Å². The van der Waals surface area contributed by atoms with Gasteiger partial charge in [0, 0.05) is 17.2 Å². The van der Waals surface area contributed by atoms with E-state index in [0.717, 1.165) is 6.20 Å². The second kappa shape index (κ2) is 5.48. The van der Waals surface area contributed by atoms with Gasteiger partial charge in [0.2, 0.25) is 5.88 Å². The summed E-state index contributed by atoms with van der Waals surface area (Å²) in [7, 11) is 2.94. The van der Waals surface area contributed by atoms with Crippen LogP contribution in [-0.4, -0.2) is 25.5 Å². The molecule has 2 aromatic rings. The van der Waals surface area contributed by atoms with Crippen LogP contribution in [0.3, 0.4) is 0 Å². The van der Waals surface area contributed by atoms with Gasteiger partial charge < -0.3 is 9.47 Å². The Kier molecular flexibility index (Phi) is 3.75. The Morgan fingerprint density at radius 2 is 1.95 bits per heavy atom. The minimum Gasteiger partial charge on any atom is -0.497 e. The number of aldehydes is 1. The van der Waals surface area contributed by atoms with E-state index in [1.165, 1.54) is 20.3 Å². The van der Waals surface area contributed by atoms with Crippen molar-refractivity contribution in [2.45, 2.75) is 0 Å². The van der Waals surface area contributed by atoms with Crippen LogP contribution < -0.4 is 9.47 Å². The van der Waals surface area contributed by atoms with Gasteiger partial charge in [0.05, 0.1) is 20.4 Å². The molecule has 0 saturated carbocycles. The Morgan fingerprint density at radius 3 is 2.58 bits per heavy atom.